The fourth-order valence-electron chi connectivity index (χ4n) is 2.86. The lowest BCUT2D eigenvalue weighted by Crippen LogP contribution is -2.24. The van der Waals surface area contributed by atoms with Crippen LogP contribution in [0.4, 0.5) is 13.2 Å². The Bertz CT molecular complexity index is 1210. The van der Waals surface area contributed by atoms with Gasteiger partial charge >= 0.3 is 6.36 Å². The van der Waals surface area contributed by atoms with Gasteiger partial charge in [-0.25, -0.2) is 14.6 Å². The van der Waals surface area contributed by atoms with E-state index in [1.807, 2.05) is 0 Å². The van der Waals surface area contributed by atoms with Crippen LogP contribution in [0.5, 0.6) is 5.75 Å². The largest absolute Gasteiger partial charge is 0.573 e. The average Bonchev–Trinajstić information content (AvgIpc) is 2.70. The summed E-state index contributed by atoms with van der Waals surface area (Å²) >= 11 is 0. The van der Waals surface area contributed by atoms with Crippen molar-refractivity contribution in [1.82, 2.24) is 19.7 Å². The van der Waals surface area contributed by atoms with Crippen molar-refractivity contribution in [2.45, 2.75) is 12.9 Å². The van der Waals surface area contributed by atoms with Gasteiger partial charge in [-0.3, -0.25) is 4.79 Å². The van der Waals surface area contributed by atoms with Gasteiger partial charge in [-0.2, -0.15) is 5.10 Å². The molecule has 6 nitrogen and oxygen atoms in total. The predicted molar refractivity (Wildman–Crippen MR) is 99.3 cm³/mol. The van der Waals surface area contributed by atoms with E-state index in [0.717, 1.165) is 0 Å². The van der Waals surface area contributed by atoms with Gasteiger partial charge in [0, 0.05) is 17.8 Å². The average molecular weight is 398 g/mol. The van der Waals surface area contributed by atoms with Gasteiger partial charge in [0.1, 0.15) is 18.1 Å². The molecule has 9 heteroatoms. The topological polar surface area (TPSA) is 69.9 Å². The second-order valence-corrected chi connectivity index (χ2v) is 6.15. The molecule has 2 heterocycles. The monoisotopic (exact) mass is 398 g/mol. The van der Waals surface area contributed by atoms with E-state index >= 15 is 0 Å². The molecule has 2 aromatic heterocycles. The highest BCUT2D eigenvalue weighted by atomic mass is 19.4. The number of nitrogens with zero attached hydrogens (tertiary/aromatic N) is 4. The van der Waals surface area contributed by atoms with Gasteiger partial charge in [0.05, 0.1) is 11.6 Å². The van der Waals surface area contributed by atoms with Gasteiger partial charge in [0.2, 0.25) is 0 Å². The number of halogens is 3. The number of ether oxygens (including phenoxy) is 1. The fourth-order valence-corrected chi connectivity index (χ4v) is 2.86. The molecule has 0 atom stereocenters. The molecular formula is C20H13F3N4O2. The van der Waals surface area contributed by atoms with Crippen LogP contribution in [0.25, 0.3) is 21.9 Å². The number of aromatic nitrogens is 4. The first-order valence-electron chi connectivity index (χ1n) is 8.51. The van der Waals surface area contributed by atoms with E-state index < -0.39 is 6.36 Å². The van der Waals surface area contributed by atoms with E-state index in [2.05, 4.69) is 19.8 Å². The lowest BCUT2D eigenvalue weighted by Gasteiger charge is -2.10. The van der Waals surface area contributed by atoms with Gasteiger partial charge in [-0.1, -0.05) is 24.3 Å². The highest BCUT2D eigenvalue weighted by molar-refractivity contribution is 5.86. The van der Waals surface area contributed by atoms with E-state index in [0.29, 0.717) is 27.7 Å². The van der Waals surface area contributed by atoms with Crippen molar-refractivity contribution in [3.63, 3.8) is 0 Å². The zero-order valence-electron chi connectivity index (χ0n) is 14.8. The summed E-state index contributed by atoms with van der Waals surface area (Å²) in [6.45, 7) is 0.128. The number of fused-ring (bicyclic) bond motifs is 1. The molecule has 0 fully saturated rings. The third-order valence-electron chi connectivity index (χ3n) is 4.19. The van der Waals surface area contributed by atoms with Crippen molar-refractivity contribution in [2.24, 2.45) is 0 Å². The lowest BCUT2D eigenvalue weighted by atomic mass is 10.0. The van der Waals surface area contributed by atoms with E-state index in [-0.39, 0.29) is 17.9 Å². The van der Waals surface area contributed by atoms with Gasteiger partial charge in [-0.15, -0.1) is 13.2 Å². The second-order valence-electron chi connectivity index (χ2n) is 6.15. The summed E-state index contributed by atoms with van der Waals surface area (Å²) < 4.78 is 42.1. The SMILES string of the molecule is O=c1c2cc(-c3ccc(OC(F)(F)F)cc3)ccc2cnn1Cc1ncccn1. The Morgan fingerprint density at radius 2 is 1.66 bits per heavy atom. The maximum absolute atomic E-state index is 12.8. The molecule has 0 unspecified atom stereocenters. The van der Waals surface area contributed by atoms with Crippen LogP contribution in [0.3, 0.4) is 0 Å². The van der Waals surface area contributed by atoms with E-state index in [4.69, 9.17) is 0 Å². The summed E-state index contributed by atoms with van der Waals surface area (Å²) in [6.07, 6.45) is -0.00783. The maximum atomic E-state index is 12.8. The summed E-state index contributed by atoms with van der Waals surface area (Å²) in [6, 6.07) is 12.3. The lowest BCUT2D eigenvalue weighted by molar-refractivity contribution is -0.274. The first kappa shape index (κ1) is 18.6. The zero-order valence-corrected chi connectivity index (χ0v) is 14.8. The van der Waals surface area contributed by atoms with Crippen molar-refractivity contribution >= 4 is 10.8 Å². The molecule has 0 saturated heterocycles. The van der Waals surface area contributed by atoms with Gasteiger partial charge < -0.3 is 4.74 Å². The Morgan fingerprint density at radius 3 is 2.34 bits per heavy atom. The number of rotatable bonds is 4. The van der Waals surface area contributed by atoms with Crippen molar-refractivity contribution in [1.29, 1.82) is 0 Å². The quantitative estimate of drug-likeness (QED) is 0.523. The molecule has 0 amide bonds. The Balaban J connectivity index is 1.68. The molecule has 0 radical (unpaired) electrons. The molecule has 4 rings (SSSR count). The number of benzene rings is 2. The minimum absolute atomic E-state index is 0.128. The Hall–Kier alpha value is -3.75. The van der Waals surface area contributed by atoms with E-state index in [1.54, 1.807) is 42.9 Å². The highest BCUT2D eigenvalue weighted by Gasteiger charge is 2.30. The molecule has 29 heavy (non-hydrogen) atoms. The molecule has 146 valence electrons. The molecule has 0 spiro atoms. The summed E-state index contributed by atoms with van der Waals surface area (Å²) in [5, 5.41) is 5.24. The Kier molecular flexibility index (Phi) is 4.71. The highest BCUT2D eigenvalue weighted by Crippen LogP contribution is 2.27. The summed E-state index contributed by atoms with van der Waals surface area (Å²) in [5.74, 6) is 0.148. The number of hydrogen-bond acceptors (Lipinski definition) is 5. The van der Waals surface area contributed by atoms with Crippen LogP contribution in [0.1, 0.15) is 5.82 Å². The first-order chi connectivity index (χ1) is 13.9. The smallest absolute Gasteiger partial charge is 0.406 e. The summed E-state index contributed by atoms with van der Waals surface area (Å²) in [7, 11) is 0. The summed E-state index contributed by atoms with van der Waals surface area (Å²) in [5.41, 5.74) is 1.02. The van der Waals surface area contributed by atoms with Gasteiger partial charge in [0.25, 0.3) is 5.56 Å². The van der Waals surface area contributed by atoms with Crippen LogP contribution in [0.2, 0.25) is 0 Å². The number of alkyl halides is 3. The zero-order chi connectivity index (χ0) is 20.4. The molecule has 4 aromatic rings. The standard InChI is InChI=1S/C20H13F3N4O2/c21-20(22,23)29-16-6-4-13(5-7-16)14-2-3-15-11-26-27(19(28)17(15)10-14)12-18-24-8-1-9-25-18/h1-11H,12H2. The normalized spacial score (nSPS) is 11.6. The molecule has 0 N–H and O–H groups in total. The van der Waals surface area contributed by atoms with Crippen LogP contribution < -0.4 is 10.3 Å². The fraction of sp³-hybridized carbons (Fsp3) is 0.100. The van der Waals surface area contributed by atoms with Crippen LogP contribution in [0, 0.1) is 0 Å². The molecular weight excluding hydrogens is 385 g/mol. The minimum atomic E-state index is -4.75. The Labute approximate surface area is 162 Å². The Morgan fingerprint density at radius 1 is 0.966 bits per heavy atom. The van der Waals surface area contributed by atoms with E-state index in [9.17, 15) is 18.0 Å². The van der Waals surface area contributed by atoms with Crippen LogP contribution in [-0.4, -0.2) is 26.1 Å². The first-order valence-corrected chi connectivity index (χ1v) is 8.51. The van der Waals surface area contributed by atoms with Gasteiger partial charge in [0.15, 0.2) is 0 Å². The molecule has 0 saturated carbocycles. The van der Waals surface area contributed by atoms with E-state index in [1.165, 1.54) is 28.9 Å². The molecule has 0 aliphatic heterocycles. The van der Waals surface area contributed by atoms with Crippen molar-refractivity contribution in [3.05, 3.63) is 83.3 Å². The third kappa shape index (κ3) is 4.23. The third-order valence-corrected chi connectivity index (χ3v) is 4.19. The van der Waals surface area contributed by atoms with Crippen molar-refractivity contribution < 1.29 is 17.9 Å². The summed E-state index contributed by atoms with van der Waals surface area (Å²) in [4.78, 5) is 21.0. The maximum Gasteiger partial charge on any atom is 0.573 e. The molecule has 0 aliphatic rings. The minimum Gasteiger partial charge on any atom is -0.406 e. The molecule has 0 bridgehead atoms. The van der Waals surface area contributed by atoms with Crippen molar-refractivity contribution in [2.75, 3.05) is 0 Å². The van der Waals surface area contributed by atoms with Crippen LogP contribution in [-0.2, 0) is 6.54 Å². The second kappa shape index (κ2) is 7.34. The molecule has 0 aliphatic carbocycles. The van der Waals surface area contributed by atoms with Gasteiger partial charge in [-0.05, 0) is 35.4 Å². The van der Waals surface area contributed by atoms with Crippen LogP contribution >= 0.6 is 0 Å². The van der Waals surface area contributed by atoms with Crippen LogP contribution in [0.15, 0.2) is 71.9 Å². The molecule has 2 aromatic carbocycles. The number of hydrogen-bond donors (Lipinski definition) is 0. The van der Waals surface area contributed by atoms with Crippen molar-refractivity contribution in [3.8, 4) is 16.9 Å². The predicted octanol–water partition coefficient (Wildman–Crippen LogP) is 3.80.